The number of primary amides is 1. The lowest BCUT2D eigenvalue weighted by atomic mass is 10.0. The van der Waals surface area contributed by atoms with Gasteiger partial charge in [0.15, 0.2) is 0 Å². The number of aromatic nitrogens is 3. The maximum absolute atomic E-state index is 13.3. The van der Waals surface area contributed by atoms with Crippen LogP contribution < -0.4 is 10.5 Å². The van der Waals surface area contributed by atoms with Crippen molar-refractivity contribution >= 4 is 32.8 Å². The van der Waals surface area contributed by atoms with Gasteiger partial charge in [-0.2, -0.15) is 0 Å². The van der Waals surface area contributed by atoms with Gasteiger partial charge in [0.25, 0.3) is 15.9 Å². The number of hydrogen-bond donors (Lipinski definition) is 2. The monoisotopic (exact) mass is 543 g/mol. The quantitative estimate of drug-likeness (QED) is 0.279. The highest BCUT2D eigenvalue weighted by Crippen LogP contribution is 2.31. The Morgan fingerprint density at radius 2 is 1.74 bits per heavy atom. The van der Waals surface area contributed by atoms with Crippen LogP contribution >= 0.6 is 0 Å². The molecule has 3 N–H and O–H groups in total. The van der Waals surface area contributed by atoms with Crippen LogP contribution in [-0.2, 0) is 23.0 Å². The fraction of sp³-hybridized carbons (Fsp3) is 0.207. The van der Waals surface area contributed by atoms with E-state index in [-0.39, 0.29) is 10.8 Å². The normalized spacial score (nSPS) is 11.7. The molecule has 0 aliphatic carbocycles. The molecule has 0 aliphatic heterocycles. The lowest BCUT2D eigenvalue weighted by Gasteiger charge is -2.14. The number of fused-ring (bicyclic) bond motifs is 1. The molecule has 3 aromatic carbocycles. The maximum atomic E-state index is 13.3. The topological polar surface area (TPSA) is 133 Å². The van der Waals surface area contributed by atoms with E-state index in [4.69, 9.17) is 15.2 Å². The summed E-state index contributed by atoms with van der Waals surface area (Å²) in [7, 11) is -3.94. The summed E-state index contributed by atoms with van der Waals surface area (Å²) in [5.41, 5.74) is 12.0. The summed E-state index contributed by atoms with van der Waals surface area (Å²) in [6.45, 7) is 7.86. The molecule has 1 amide bonds. The van der Waals surface area contributed by atoms with Gasteiger partial charge in [0.05, 0.1) is 27.2 Å². The second-order valence-corrected chi connectivity index (χ2v) is 11.1. The van der Waals surface area contributed by atoms with E-state index in [1.54, 1.807) is 38.1 Å². The standard InChI is InChI=1S/C29H29N5O4S/c1-5-25-31-23-15-10-17(2)26(28(30)35)27(23)34(25)16-20-11-13-21(14-12-20)22-8-6-7-9-24(22)39(36,37)33-29-18(3)19(4)32-38-29/h6-15,33H,5,16H2,1-4H3,(H2,30,35). The highest BCUT2D eigenvalue weighted by atomic mass is 32.2. The SMILES string of the molecule is CCc1nc2ccc(C)c(C(N)=O)c2n1Cc1ccc(-c2ccccc2S(=O)(=O)Nc2onc(C)c2C)cc1. The van der Waals surface area contributed by atoms with Crippen LogP contribution in [-0.4, -0.2) is 29.0 Å². The van der Waals surface area contributed by atoms with Crippen molar-refractivity contribution in [3.05, 3.63) is 94.4 Å². The molecule has 9 nitrogen and oxygen atoms in total. The van der Waals surface area contributed by atoms with E-state index in [0.29, 0.717) is 35.3 Å². The molecule has 2 heterocycles. The zero-order valence-corrected chi connectivity index (χ0v) is 23.0. The average Bonchev–Trinajstić information content (AvgIpc) is 3.42. The Morgan fingerprint density at radius 1 is 1.03 bits per heavy atom. The lowest BCUT2D eigenvalue weighted by molar-refractivity contribution is 0.100. The number of nitrogens with two attached hydrogens (primary N) is 1. The molecule has 2 aromatic heterocycles. The number of imidazole rings is 1. The van der Waals surface area contributed by atoms with Crippen LogP contribution in [0.3, 0.4) is 0 Å². The first-order valence-electron chi connectivity index (χ1n) is 12.5. The van der Waals surface area contributed by atoms with Crippen LogP contribution in [0.5, 0.6) is 0 Å². The number of nitrogens with one attached hydrogen (secondary N) is 1. The van der Waals surface area contributed by atoms with Gasteiger partial charge in [-0.25, -0.2) is 18.1 Å². The summed E-state index contributed by atoms with van der Waals surface area (Å²) in [6.07, 6.45) is 0.687. The fourth-order valence-corrected chi connectivity index (χ4v) is 6.00. The zero-order valence-electron chi connectivity index (χ0n) is 22.1. The Labute approximate surface area is 226 Å². The smallest absolute Gasteiger partial charge is 0.264 e. The van der Waals surface area contributed by atoms with Crippen LogP contribution in [0.2, 0.25) is 0 Å². The number of sulfonamides is 1. The molecule has 0 unspecified atom stereocenters. The van der Waals surface area contributed by atoms with Crippen LogP contribution in [0.15, 0.2) is 70.1 Å². The van der Waals surface area contributed by atoms with Gasteiger partial charge in [0.2, 0.25) is 5.88 Å². The molecule has 0 aliphatic rings. The van der Waals surface area contributed by atoms with Gasteiger partial charge < -0.3 is 14.8 Å². The third-order valence-electron chi connectivity index (χ3n) is 6.93. The predicted molar refractivity (Wildman–Crippen MR) is 150 cm³/mol. The van der Waals surface area contributed by atoms with E-state index in [1.807, 2.05) is 54.8 Å². The number of benzene rings is 3. The number of hydrogen-bond acceptors (Lipinski definition) is 6. The summed E-state index contributed by atoms with van der Waals surface area (Å²) >= 11 is 0. The molecule has 0 saturated heterocycles. The van der Waals surface area contributed by atoms with Crippen molar-refractivity contribution in [3.63, 3.8) is 0 Å². The summed E-state index contributed by atoms with van der Waals surface area (Å²) in [5.74, 6) is 0.463. The zero-order chi connectivity index (χ0) is 27.9. The Morgan fingerprint density at radius 3 is 2.38 bits per heavy atom. The van der Waals surface area contributed by atoms with Crippen molar-refractivity contribution in [2.45, 2.75) is 45.6 Å². The highest BCUT2D eigenvalue weighted by molar-refractivity contribution is 7.92. The van der Waals surface area contributed by atoms with Crippen LogP contribution in [0.1, 0.15) is 45.5 Å². The van der Waals surface area contributed by atoms with Gasteiger partial charge in [0.1, 0.15) is 5.82 Å². The molecule has 5 aromatic rings. The van der Waals surface area contributed by atoms with Crippen LogP contribution in [0, 0.1) is 20.8 Å². The van der Waals surface area contributed by atoms with Crippen molar-refractivity contribution in [1.82, 2.24) is 14.7 Å². The molecule has 5 rings (SSSR count). The van der Waals surface area contributed by atoms with Gasteiger partial charge in [-0.1, -0.05) is 60.6 Å². The first-order valence-corrected chi connectivity index (χ1v) is 14.0. The molecular weight excluding hydrogens is 514 g/mol. The molecule has 0 bridgehead atoms. The number of anilines is 1. The second-order valence-electron chi connectivity index (χ2n) is 9.48. The predicted octanol–water partition coefficient (Wildman–Crippen LogP) is 5.13. The number of aryl methyl sites for hydroxylation is 3. The first kappa shape index (κ1) is 26.2. The van der Waals surface area contributed by atoms with E-state index in [2.05, 4.69) is 9.88 Å². The second kappa shape index (κ2) is 10.0. The van der Waals surface area contributed by atoms with Crippen molar-refractivity contribution < 1.29 is 17.7 Å². The molecule has 200 valence electrons. The lowest BCUT2D eigenvalue weighted by Crippen LogP contribution is -2.16. The Kier molecular flexibility index (Phi) is 6.73. The van der Waals surface area contributed by atoms with E-state index < -0.39 is 15.9 Å². The van der Waals surface area contributed by atoms with Crippen LogP contribution in [0.4, 0.5) is 5.88 Å². The van der Waals surface area contributed by atoms with E-state index in [1.165, 1.54) is 0 Å². The number of carbonyl (C=O) groups excluding carboxylic acids is 1. The number of amides is 1. The highest BCUT2D eigenvalue weighted by Gasteiger charge is 2.23. The minimum atomic E-state index is -3.94. The van der Waals surface area contributed by atoms with Crippen molar-refractivity contribution in [1.29, 1.82) is 0 Å². The van der Waals surface area contributed by atoms with Gasteiger partial charge >= 0.3 is 0 Å². The fourth-order valence-electron chi connectivity index (χ4n) is 4.72. The van der Waals surface area contributed by atoms with Gasteiger partial charge in [0, 0.05) is 24.1 Å². The molecule has 0 spiro atoms. The average molecular weight is 544 g/mol. The number of carbonyl (C=O) groups is 1. The van der Waals surface area contributed by atoms with Gasteiger partial charge in [-0.05, 0) is 49.6 Å². The number of nitrogens with zero attached hydrogens (tertiary/aromatic N) is 3. The molecule has 0 fully saturated rings. The Hall–Kier alpha value is -4.44. The molecule has 0 saturated carbocycles. The van der Waals surface area contributed by atoms with E-state index in [9.17, 15) is 13.2 Å². The van der Waals surface area contributed by atoms with Crippen molar-refractivity contribution in [3.8, 4) is 11.1 Å². The summed E-state index contributed by atoms with van der Waals surface area (Å²) < 4.78 is 36.3. The van der Waals surface area contributed by atoms with Crippen molar-refractivity contribution in [2.75, 3.05) is 4.72 Å². The summed E-state index contributed by atoms with van der Waals surface area (Å²) in [4.78, 5) is 17.2. The third kappa shape index (κ3) is 4.79. The molecular formula is C29H29N5O4S. The van der Waals surface area contributed by atoms with Crippen LogP contribution in [0.25, 0.3) is 22.2 Å². The van der Waals surface area contributed by atoms with Gasteiger partial charge in [-0.15, -0.1) is 0 Å². The first-order chi connectivity index (χ1) is 18.6. The Balaban J connectivity index is 1.50. The molecule has 0 atom stereocenters. The third-order valence-corrected chi connectivity index (χ3v) is 8.31. The number of rotatable bonds is 8. The van der Waals surface area contributed by atoms with Gasteiger partial charge in [-0.3, -0.25) is 4.79 Å². The minimum Gasteiger partial charge on any atom is -0.366 e. The van der Waals surface area contributed by atoms with E-state index in [0.717, 1.165) is 33.5 Å². The molecule has 39 heavy (non-hydrogen) atoms. The maximum Gasteiger partial charge on any atom is 0.264 e. The molecule has 10 heteroatoms. The molecule has 0 radical (unpaired) electrons. The summed E-state index contributed by atoms with van der Waals surface area (Å²) in [6, 6.07) is 18.2. The Bertz CT molecular complexity index is 1820. The van der Waals surface area contributed by atoms with E-state index >= 15 is 0 Å². The van der Waals surface area contributed by atoms with Crippen molar-refractivity contribution in [2.24, 2.45) is 5.73 Å². The summed E-state index contributed by atoms with van der Waals surface area (Å²) in [5, 5.41) is 3.83. The largest absolute Gasteiger partial charge is 0.366 e. The minimum absolute atomic E-state index is 0.0995.